The van der Waals surface area contributed by atoms with E-state index in [0.29, 0.717) is 38.5 Å². The maximum atomic E-state index is 13.4. The summed E-state index contributed by atoms with van der Waals surface area (Å²) in [7, 11) is 0. The summed E-state index contributed by atoms with van der Waals surface area (Å²) < 4.78 is 5.98. The lowest BCUT2D eigenvalue weighted by Crippen LogP contribution is -2.30. The van der Waals surface area contributed by atoms with Crippen LogP contribution in [0.1, 0.15) is 21.7 Å². The van der Waals surface area contributed by atoms with E-state index in [-0.39, 0.29) is 17.4 Å². The van der Waals surface area contributed by atoms with Crippen LogP contribution in [0.4, 0.5) is 11.4 Å². The van der Waals surface area contributed by atoms with Crippen LogP contribution in [-0.2, 0) is 9.59 Å². The van der Waals surface area contributed by atoms with Crippen molar-refractivity contribution in [2.75, 3.05) is 16.4 Å². The number of furan rings is 1. The first-order chi connectivity index (χ1) is 21.7. The van der Waals surface area contributed by atoms with Gasteiger partial charge in [-0.15, -0.1) is 11.8 Å². The molecule has 5 rings (SSSR count). The largest absolute Gasteiger partial charge is 0.457 e. The molecule has 0 radical (unpaired) electrons. The maximum Gasteiger partial charge on any atom is 0.272 e. The minimum absolute atomic E-state index is 0.00430. The monoisotopic (exact) mass is 655 g/mol. The zero-order chi connectivity index (χ0) is 31.8. The lowest BCUT2D eigenvalue weighted by Gasteiger charge is -2.11. The molecule has 0 unspecified atom stereocenters. The van der Waals surface area contributed by atoms with Crippen molar-refractivity contribution in [3.05, 3.63) is 142 Å². The zero-order valence-electron chi connectivity index (χ0n) is 24.0. The Morgan fingerprint density at radius 3 is 2.27 bits per heavy atom. The van der Waals surface area contributed by atoms with Gasteiger partial charge >= 0.3 is 0 Å². The van der Waals surface area contributed by atoms with Crippen LogP contribution in [0.2, 0.25) is 10.0 Å². The fraction of sp³-hybridized carbons (Fsp3) is 0.0571. The number of anilines is 2. The Balaban J connectivity index is 1.26. The molecule has 0 atom stereocenters. The highest BCUT2D eigenvalue weighted by atomic mass is 35.5. The van der Waals surface area contributed by atoms with Gasteiger partial charge in [-0.05, 0) is 73.7 Å². The molecule has 1 heterocycles. The van der Waals surface area contributed by atoms with Crippen molar-refractivity contribution < 1.29 is 18.8 Å². The highest BCUT2D eigenvalue weighted by Gasteiger charge is 2.17. The van der Waals surface area contributed by atoms with Gasteiger partial charge in [0, 0.05) is 32.8 Å². The summed E-state index contributed by atoms with van der Waals surface area (Å²) >= 11 is 13.4. The average Bonchev–Trinajstić information content (AvgIpc) is 3.51. The van der Waals surface area contributed by atoms with Gasteiger partial charge < -0.3 is 20.4 Å². The molecular weight excluding hydrogens is 629 g/mol. The fourth-order valence-electron chi connectivity index (χ4n) is 4.15. The van der Waals surface area contributed by atoms with Crippen LogP contribution in [0.3, 0.4) is 0 Å². The Hall–Kier alpha value is -4.76. The van der Waals surface area contributed by atoms with Gasteiger partial charge in [0.25, 0.3) is 11.8 Å². The number of thioether (sulfide) groups is 1. The molecule has 0 saturated heterocycles. The second kappa shape index (κ2) is 14.8. The molecule has 5 aromatic rings. The van der Waals surface area contributed by atoms with Gasteiger partial charge in [0.1, 0.15) is 17.2 Å². The van der Waals surface area contributed by atoms with E-state index < -0.39 is 11.8 Å². The highest BCUT2D eigenvalue weighted by molar-refractivity contribution is 8.00. The van der Waals surface area contributed by atoms with E-state index in [0.717, 1.165) is 16.0 Å². The standard InChI is InChI=1S/C35H27Cl2N3O4S/c1-22-7-9-23(10-8-22)32-18-14-27(44-32)20-31(40-34(42)24-5-3-2-4-6-24)35(43)38-26-12-15-28(16-13-26)45-21-33(41)39-30-17-11-25(36)19-29(30)37/h2-20H,21H2,1H3,(H,38,43)(H,39,41)(H,40,42). The third-order valence-corrected chi connectivity index (χ3v) is 8.03. The molecule has 0 bridgehead atoms. The fourth-order valence-corrected chi connectivity index (χ4v) is 5.30. The summed E-state index contributed by atoms with van der Waals surface area (Å²) in [6, 6.07) is 31.9. The van der Waals surface area contributed by atoms with Crippen molar-refractivity contribution in [1.29, 1.82) is 0 Å². The Morgan fingerprint density at radius 1 is 0.822 bits per heavy atom. The van der Waals surface area contributed by atoms with Crippen LogP contribution < -0.4 is 16.0 Å². The van der Waals surface area contributed by atoms with Crippen LogP contribution in [0.25, 0.3) is 17.4 Å². The van der Waals surface area contributed by atoms with Crippen LogP contribution in [0.15, 0.2) is 124 Å². The SMILES string of the molecule is Cc1ccc(-c2ccc(C=C(NC(=O)c3ccccc3)C(=O)Nc3ccc(SCC(=O)Nc4ccc(Cl)cc4Cl)cc3)o2)cc1. The molecule has 3 amide bonds. The van der Waals surface area contributed by atoms with Crippen LogP contribution >= 0.6 is 35.0 Å². The van der Waals surface area contributed by atoms with E-state index in [1.807, 2.05) is 37.3 Å². The maximum absolute atomic E-state index is 13.4. The van der Waals surface area contributed by atoms with Crippen LogP contribution in [-0.4, -0.2) is 23.5 Å². The Morgan fingerprint density at radius 2 is 1.56 bits per heavy atom. The van der Waals surface area contributed by atoms with E-state index in [1.54, 1.807) is 78.9 Å². The molecule has 45 heavy (non-hydrogen) atoms. The van der Waals surface area contributed by atoms with E-state index in [1.165, 1.54) is 17.8 Å². The number of amides is 3. The topological polar surface area (TPSA) is 100 Å². The Labute approximate surface area is 274 Å². The molecule has 226 valence electrons. The van der Waals surface area contributed by atoms with Gasteiger partial charge in [-0.25, -0.2) is 0 Å². The third kappa shape index (κ3) is 8.89. The summed E-state index contributed by atoms with van der Waals surface area (Å²) in [6.07, 6.45) is 1.49. The number of aryl methyl sites for hydroxylation is 1. The van der Waals surface area contributed by atoms with Gasteiger partial charge in [-0.3, -0.25) is 14.4 Å². The summed E-state index contributed by atoms with van der Waals surface area (Å²) in [6.45, 7) is 2.01. The van der Waals surface area contributed by atoms with Gasteiger partial charge in [0.05, 0.1) is 16.5 Å². The summed E-state index contributed by atoms with van der Waals surface area (Å²) in [5, 5.41) is 9.13. The molecular formula is C35H27Cl2N3O4S. The summed E-state index contributed by atoms with van der Waals surface area (Å²) in [4.78, 5) is 39.6. The predicted molar refractivity (Wildman–Crippen MR) is 182 cm³/mol. The Kier molecular flexibility index (Phi) is 10.4. The minimum Gasteiger partial charge on any atom is -0.457 e. The van der Waals surface area contributed by atoms with Crippen molar-refractivity contribution in [3.63, 3.8) is 0 Å². The Bertz CT molecular complexity index is 1850. The predicted octanol–water partition coefficient (Wildman–Crippen LogP) is 8.70. The lowest BCUT2D eigenvalue weighted by atomic mass is 10.1. The van der Waals surface area contributed by atoms with Gasteiger partial charge in [-0.2, -0.15) is 0 Å². The van der Waals surface area contributed by atoms with Gasteiger partial charge in [0.15, 0.2) is 0 Å². The number of halogens is 2. The molecule has 4 aromatic carbocycles. The van der Waals surface area contributed by atoms with Gasteiger partial charge in [-0.1, -0.05) is 71.2 Å². The summed E-state index contributed by atoms with van der Waals surface area (Å²) in [5.41, 5.74) is 3.41. The highest BCUT2D eigenvalue weighted by Crippen LogP contribution is 2.27. The first-order valence-corrected chi connectivity index (χ1v) is 15.5. The van der Waals surface area contributed by atoms with Crippen molar-refractivity contribution in [2.24, 2.45) is 0 Å². The minimum atomic E-state index is -0.535. The molecule has 10 heteroatoms. The quantitative estimate of drug-likeness (QED) is 0.103. The molecule has 0 aliphatic carbocycles. The van der Waals surface area contributed by atoms with E-state index >= 15 is 0 Å². The summed E-state index contributed by atoms with van der Waals surface area (Å²) in [5.74, 6) is -0.0209. The number of hydrogen-bond donors (Lipinski definition) is 3. The molecule has 0 saturated carbocycles. The number of benzene rings is 4. The number of rotatable bonds is 10. The van der Waals surface area contributed by atoms with Crippen molar-refractivity contribution in [3.8, 4) is 11.3 Å². The molecule has 0 aliphatic rings. The number of carbonyl (C=O) groups is 3. The van der Waals surface area contributed by atoms with Crippen molar-refractivity contribution in [1.82, 2.24) is 5.32 Å². The van der Waals surface area contributed by atoms with E-state index in [9.17, 15) is 14.4 Å². The molecule has 3 N–H and O–H groups in total. The number of hydrogen-bond acceptors (Lipinski definition) is 5. The second-order valence-electron chi connectivity index (χ2n) is 9.89. The third-order valence-electron chi connectivity index (χ3n) is 6.47. The normalized spacial score (nSPS) is 11.1. The second-order valence-corrected chi connectivity index (χ2v) is 11.8. The zero-order valence-corrected chi connectivity index (χ0v) is 26.3. The smallest absolute Gasteiger partial charge is 0.272 e. The van der Waals surface area contributed by atoms with E-state index in [4.69, 9.17) is 27.6 Å². The first kappa shape index (κ1) is 31.7. The number of carbonyl (C=O) groups excluding carboxylic acids is 3. The molecule has 1 aromatic heterocycles. The molecule has 0 aliphatic heterocycles. The van der Waals surface area contributed by atoms with Crippen LogP contribution in [0.5, 0.6) is 0 Å². The van der Waals surface area contributed by atoms with E-state index in [2.05, 4.69) is 16.0 Å². The molecule has 7 nitrogen and oxygen atoms in total. The molecule has 0 fully saturated rings. The first-order valence-electron chi connectivity index (χ1n) is 13.8. The van der Waals surface area contributed by atoms with Crippen molar-refractivity contribution >= 4 is 70.1 Å². The average molecular weight is 657 g/mol. The van der Waals surface area contributed by atoms with Crippen LogP contribution in [0, 0.1) is 6.92 Å². The van der Waals surface area contributed by atoms with Gasteiger partial charge in [0.2, 0.25) is 5.91 Å². The molecule has 0 spiro atoms. The number of nitrogens with one attached hydrogen (secondary N) is 3. The lowest BCUT2D eigenvalue weighted by molar-refractivity contribution is -0.114. The van der Waals surface area contributed by atoms with Crippen molar-refractivity contribution in [2.45, 2.75) is 11.8 Å².